The summed E-state index contributed by atoms with van der Waals surface area (Å²) in [7, 11) is 0. The van der Waals surface area contributed by atoms with E-state index in [2.05, 4.69) is 52.0 Å². The summed E-state index contributed by atoms with van der Waals surface area (Å²) in [5.74, 6) is 0. The van der Waals surface area contributed by atoms with Gasteiger partial charge in [0.15, 0.2) is 0 Å². The maximum absolute atomic E-state index is 11.4. The van der Waals surface area contributed by atoms with Crippen LogP contribution in [0.5, 0.6) is 0 Å². The number of hydrogen-bond donors (Lipinski definition) is 0. The molecule has 0 saturated carbocycles. The van der Waals surface area contributed by atoms with Crippen LogP contribution in [0.2, 0.25) is 0 Å². The zero-order valence-corrected chi connectivity index (χ0v) is 16.5. The molecule has 0 amide bonds. The van der Waals surface area contributed by atoms with Gasteiger partial charge in [0, 0.05) is 5.57 Å². The standard InChI is InChI=1S/C25H30O/c1-24(2)15-16-25(3,4)23-17-19(13-14-22(23)24)9-8-12-21(18-26)20-10-6-5-7-11-20/h5-7,10-14,17-18H,8-9,15-16H2,1-4H3/b21-12+. The minimum Gasteiger partial charge on any atom is -0.298 e. The first-order chi connectivity index (χ1) is 12.3. The molecule has 0 spiro atoms. The number of fused-ring (bicyclic) bond motifs is 1. The van der Waals surface area contributed by atoms with E-state index in [4.69, 9.17) is 0 Å². The van der Waals surface area contributed by atoms with Crippen LogP contribution in [0.15, 0.2) is 54.6 Å². The molecule has 0 N–H and O–H groups in total. The van der Waals surface area contributed by atoms with Gasteiger partial charge in [0.1, 0.15) is 6.29 Å². The highest BCUT2D eigenvalue weighted by atomic mass is 16.1. The molecule has 1 aliphatic rings. The Kier molecular flexibility index (Phi) is 5.18. The van der Waals surface area contributed by atoms with Gasteiger partial charge in [0.2, 0.25) is 0 Å². The van der Waals surface area contributed by atoms with E-state index in [0.29, 0.717) is 0 Å². The number of benzene rings is 2. The molecule has 1 heteroatoms. The van der Waals surface area contributed by atoms with Crippen LogP contribution in [0.3, 0.4) is 0 Å². The largest absolute Gasteiger partial charge is 0.298 e. The number of aldehydes is 1. The fourth-order valence-corrected chi connectivity index (χ4v) is 4.05. The van der Waals surface area contributed by atoms with E-state index in [-0.39, 0.29) is 10.8 Å². The second-order valence-corrected chi connectivity index (χ2v) is 8.83. The third-order valence-electron chi connectivity index (χ3n) is 5.95. The van der Waals surface area contributed by atoms with Crippen LogP contribution >= 0.6 is 0 Å². The van der Waals surface area contributed by atoms with E-state index in [0.717, 1.165) is 30.3 Å². The molecule has 0 atom stereocenters. The molecule has 1 aliphatic carbocycles. The predicted octanol–water partition coefficient (Wildman–Crippen LogP) is 6.25. The lowest BCUT2D eigenvalue weighted by Crippen LogP contribution is -2.33. The molecule has 0 radical (unpaired) electrons. The molecule has 1 nitrogen and oxygen atoms in total. The molecular formula is C25H30O. The monoisotopic (exact) mass is 346 g/mol. The van der Waals surface area contributed by atoms with Crippen LogP contribution in [0.1, 0.15) is 69.2 Å². The minimum atomic E-state index is 0.245. The van der Waals surface area contributed by atoms with E-state index in [9.17, 15) is 4.79 Å². The van der Waals surface area contributed by atoms with Crippen LogP contribution in [0, 0.1) is 0 Å². The summed E-state index contributed by atoms with van der Waals surface area (Å²) < 4.78 is 0. The fraction of sp³-hybridized carbons (Fsp3) is 0.400. The summed E-state index contributed by atoms with van der Waals surface area (Å²) in [6.07, 6.45) is 7.36. The summed E-state index contributed by atoms with van der Waals surface area (Å²) in [5, 5.41) is 0. The van der Waals surface area contributed by atoms with Crippen molar-refractivity contribution in [1.29, 1.82) is 0 Å². The number of aryl methyl sites for hydroxylation is 1. The van der Waals surface area contributed by atoms with Gasteiger partial charge in [-0.2, -0.15) is 0 Å². The van der Waals surface area contributed by atoms with E-state index in [1.54, 1.807) is 0 Å². The fourth-order valence-electron chi connectivity index (χ4n) is 4.05. The van der Waals surface area contributed by atoms with Crippen molar-refractivity contribution >= 4 is 11.9 Å². The third kappa shape index (κ3) is 3.82. The number of hydrogen-bond acceptors (Lipinski definition) is 1. The van der Waals surface area contributed by atoms with Crippen molar-refractivity contribution in [1.82, 2.24) is 0 Å². The van der Waals surface area contributed by atoms with Crippen molar-refractivity contribution in [3.63, 3.8) is 0 Å². The highest BCUT2D eigenvalue weighted by molar-refractivity contribution is 6.06. The molecular weight excluding hydrogens is 316 g/mol. The molecule has 2 aromatic rings. The predicted molar refractivity (Wildman–Crippen MR) is 111 cm³/mol. The first-order valence-electron chi connectivity index (χ1n) is 9.68. The van der Waals surface area contributed by atoms with Crippen molar-refractivity contribution in [3.8, 4) is 0 Å². The summed E-state index contributed by atoms with van der Waals surface area (Å²) >= 11 is 0. The van der Waals surface area contributed by atoms with Crippen LogP contribution in [-0.4, -0.2) is 6.29 Å². The average molecular weight is 347 g/mol. The number of carbonyl (C=O) groups excluding carboxylic acids is 1. The molecule has 0 heterocycles. The molecule has 0 fully saturated rings. The van der Waals surface area contributed by atoms with Crippen molar-refractivity contribution in [2.75, 3.05) is 0 Å². The summed E-state index contributed by atoms with van der Waals surface area (Å²) in [5.41, 5.74) is 6.67. The molecule has 0 aromatic heterocycles. The molecule has 3 rings (SSSR count). The summed E-state index contributed by atoms with van der Waals surface area (Å²) in [6.45, 7) is 9.45. The highest BCUT2D eigenvalue weighted by Gasteiger charge is 2.36. The van der Waals surface area contributed by atoms with Gasteiger partial charge >= 0.3 is 0 Å². The van der Waals surface area contributed by atoms with E-state index in [1.165, 1.54) is 29.5 Å². The Labute approximate surface area is 158 Å². The van der Waals surface area contributed by atoms with Crippen molar-refractivity contribution in [2.24, 2.45) is 0 Å². The normalized spacial score (nSPS) is 18.2. The summed E-state index contributed by atoms with van der Waals surface area (Å²) in [4.78, 5) is 11.4. The Morgan fingerprint density at radius 3 is 2.23 bits per heavy atom. The lowest BCUT2D eigenvalue weighted by molar-refractivity contribution is -0.103. The first kappa shape index (κ1) is 18.6. The van der Waals surface area contributed by atoms with Crippen LogP contribution in [0.4, 0.5) is 0 Å². The highest BCUT2D eigenvalue weighted by Crippen LogP contribution is 2.45. The van der Waals surface area contributed by atoms with Crippen molar-refractivity contribution in [2.45, 2.75) is 64.2 Å². The topological polar surface area (TPSA) is 17.1 Å². The molecule has 0 saturated heterocycles. The van der Waals surface area contributed by atoms with Crippen LogP contribution < -0.4 is 0 Å². The maximum Gasteiger partial charge on any atom is 0.150 e. The van der Waals surface area contributed by atoms with Gasteiger partial charge in [0.25, 0.3) is 0 Å². The zero-order valence-electron chi connectivity index (χ0n) is 16.5. The Morgan fingerprint density at radius 2 is 1.58 bits per heavy atom. The molecule has 0 aliphatic heterocycles. The molecule has 136 valence electrons. The Hall–Kier alpha value is -2.15. The second kappa shape index (κ2) is 7.23. The Morgan fingerprint density at radius 1 is 0.923 bits per heavy atom. The second-order valence-electron chi connectivity index (χ2n) is 8.83. The Balaban J connectivity index is 1.79. The quantitative estimate of drug-likeness (QED) is 0.462. The van der Waals surface area contributed by atoms with E-state index >= 15 is 0 Å². The van der Waals surface area contributed by atoms with Gasteiger partial charge in [0.05, 0.1) is 0 Å². The van der Waals surface area contributed by atoms with E-state index in [1.807, 2.05) is 30.3 Å². The smallest absolute Gasteiger partial charge is 0.150 e. The third-order valence-corrected chi connectivity index (χ3v) is 5.95. The maximum atomic E-state index is 11.4. The number of carbonyl (C=O) groups is 1. The van der Waals surface area contributed by atoms with Gasteiger partial charge in [-0.15, -0.1) is 0 Å². The van der Waals surface area contributed by atoms with Crippen molar-refractivity contribution < 1.29 is 4.79 Å². The minimum absolute atomic E-state index is 0.245. The molecule has 0 bridgehead atoms. The van der Waals surface area contributed by atoms with E-state index < -0.39 is 0 Å². The summed E-state index contributed by atoms with van der Waals surface area (Å²) in [6, 6.07) is 16.9. The zero-order chi connectivity index (χ0) is 18.8. The van der Waals surface area contributed by atoms with Gasteiger partial charge in [-0.1, -0.05) is 82.3 Å². The van der Waals surface area contributed by atoms with Crippen molar-refractivity contribution in [3.05, 3.63) is 76.9 Å². The van der Waals surface area contributed by atoms with Gasteiger partial charge in [-0.05, 0) is 58.8 Å². The molecule has 26 heavy (non-hydrogen) atoms. The van der Waals surface area contributed by atoms with Crippen LogP contribution in [0.25, 0.3) is 5.57 Å². The van der Waals surface area contributed by atoms with Gasteiger partial charge in [-0.25, -0.2) is 0 Å². The van der Waals surface area contributed by atoms with Gasteiger partial charge < -0.3 is 0 Å². The lowest BCUT2D eigenvalue weighted by Gasteiger charge is -2.42. The lowest BCUT2D eigenvalue weighted by atomic mass is 9.63. The SMILES string of the molecule is CC1(C)CCC(C)(C)c2cc(CC/C=C(\C=O)c3ccccc3)ccc21. The Bertz CT molecular complexity index is 809. The average Bonchev–Trinajstić information content (AvgIpc) is 2.63. The molecule has 0 unspecified atom stereocenters. The number of allylic oxidation sites excluding steroid dienone is 2. The molecule has 2 aromatic carbocycles. The van der Waals surface area contributed by atoms with Gasteiger partial charge in [-0.3, -0.25) is 4.79 Å². The number of rotatable bonds is 5. The van der Waals surface area contributed by atoms with Crippen LogP contribution in [-0.2, 0) is 22.0 Å². The first-order valence-corrected chi connectivity index (χ1v) is 9.68.